The molecule has 1 saturated heterocycles. The van der Waals surface area contributed by atoms with Crippen LogP contribution in [-0.2, 0) is 14.8 Å². The summed E-state index contributed by atoms with van der Waals surface area (Å²) in [7, 11) is -3.21. The molecule has 3 N–H and O–H groups in total. The number of nitriles is 1. The number of nitrogens with zero attached hydrogens (tertiary/aromatic N) is 2. The molecule has 0 unspecified atom stereocenters. The molecule has 0 spiro atoms. The predicted molar refractivity (Wildman–Crippen MR) is 128 cm³/mol. The number of nitrogens with one attached hydrogen (secondary N) is 1. The van der Waals surface area contributed by atoms with Gasteiger partial charge >= 0.3 is 5.97 Å². The molecule has 9 nitrogen and oxygen atoms in total. The number of hydrogen-bond donors (Lipinski definition) is 3. The monoisotopic (exact) mass is 507 g/mol. The van der Waals surface area contributed by atoms with E-state index in [0.29, 0.717) is 25.1 Å². The Balaban J connectivity index is 2.07. The van der Waals surface area contributed by atoms with Gasteiger partial charge in [-0.15, -0.1) is 0 Å². The second-order valence-corrected chi connectivity index (χ2v) is 10.0. The number of methoxy groups -OCH3 is 1. The van der Waals surface area contributed by atoms with E-state index in [1.54, 1.807) is 6.07 Å². The van der Waals surface area contributed by atoms with Gasteiger partial charge in [-0.3, -0.25) is 4.72 Å². The summed E-state index contributed by atoms with van der Waals surface area (Å²) in [6.07, 6.45) is 4.07. The zero-order chi connectivity index (χ0) is 24.9. The Kier molecular flexibility index (Phi) is 8.25. The Hall–Kier alpha value is -3.00. The number of piperidine rings is 1. The zero-order valence-electron chi connectivity index (χ0n) is 18.6. The van der Waals surface area contributed by atoms with E-state index in [1.165, 1.54) is 12.1 Å². The molecule has 1 atom stereocenters. The summed E-state index contributed by atoms with van der Waals surface area (Å²) >= 11 is 6.30. The smallest absolute Gasteiger partial charge is 0.337 e. The molecule has 0 aliphatic carbocycles. The summed E-state index contributed by atoms with van der Waals surface area (Å²) in [6.45, 7) is 0.698. The Morgan fingerprint density at radius 3 is 2.76 bits per heavy atom. The highest BCUT2D eigenvalue weighted by molar-refractivity contribution is 7.92. The van der Waals surface area contributed by atoms with Crippen molar-refractivity contribution < 1.29 is 28.2 Å². The summed E-state index contributed by atoms with van der Waals surface area (Å²) < 4.78 is 33.6. The quantitative estimate of drug-likeness (QED) is 0.460. The van der Waals surface area contributed by atoms with E-state index in [9.17, 15) is 28.7 Å². The van der Waals surface area contributed by atoms with Gasteiger partial charge in [0.05, 0.1) is 34.6 Å². The number of benzene rings is 2. The summed E-state index contributed by atoms with van der Waals surface area (Å²) in [6, 6.07) is 8.29. The summed E-state index contributed by atoms with van der Waals surface area (Å²) in [4.78, 5) is 13.4. The Morgan fingerprint density at radius 1 is 1.32 bits per heavy atom. The maximum atomic E-state index is 13.3. The number of aromatic hydroxyl groups is 1. The van der Waals surface area contributed by atoms with Crippen molar-refractivity contribution in [1.29, 1.82) is 5.26 Å². The van der Waals surface area contributed by atoms with E-state index in [1.807, 2.05) is 11.0 Å². The minimum Gasteiger partial charge on any atom is -0.507 e. The predicted octanol–water partition coefficient (Wildman–Crippen LogP) is 3.64. The molecule has 182 valence electrons. The van der Waals surface area contributed by atoms with Crippen LogP contribution in [0.1, 0.15) is 48.0 Å². The number of halogens is 1. The fraction of sp³-hybridized carbons (Fsp3) is 0.391. The van der Waals surface area contributed by atoms with Gasteiger partial charge in [0.1, 0.15) is 16.7 Å². The highest BCUT2D eigenvalue weighted by Crippen LogP contribution is 2.38. The second kappa shape index (κ2) is 11.0. The number of carbonyl (C=O) groups excluding carboxylic acids is 1. The summed E-state index contributed by atoms with van der Waals surface area (Å²) in [5.74, 6) is -1.30. The van der Waals surface area contributed by atoms with Crippen LogP contribution < -0.4 is 9.62 Å². The molecule has 3 rings (SSSR count). The number of ether oxygens (including phenoxy) is 1. The lowest BCUT2D eigenvalue weighted by Crippen LogP contribution is -2.40. The van der Waals surface area contributed by atoms with Gasteiger partial charge in [-0.2, -0.15) is 5.26 Å². The molecule has 1 fully saturated rings. The first-order chi connectivity index (χ1) is 16.2. The van der Waals surface area contributed by atoms with Crippen molar-refractivity contribution in [2.24, 2.45) is 0 Å². The molecule has 11 heteroatoms. The van der Waals surface area contributed by atoms with Crippen LogP contribution in [-0.4, -0.2) is 50.9 Å². The largest absolute Gasteiger partial charge is 0.507 e. The van der Waals surface area contributed by atoms with Crippen molar-refractivity contribution in [3.05, 3.63) is 46.5 Å². The third kappa shape index (κ3) is 5.55. The van der Waals surface area contributed by atoms with E-state index < -0.39 is 26.6 Å². The van der Waals surface area contributed by atoms with E-state index in [0.717, 1.165) is 38.5 Å². The van der Waals surface area contributed by atoms with Gasteiger partial charge < -0.3 is 19.8 Å². The van der Waals surface area contributed by atoms with Crippen LogP contribution in [0, 0.1) is 11.3 Å². The third-order valence-electron chi connectivity index (χ3n) is 5.75. The molecule has 0 radical (unpaired) electrons. The molecule has 2 aromatic carbocycles. The molecule has 1 aliphatic rings. The summed E-state index contributed by atoms with van der Waals surface area (Å²) in [5, 5.41) is 29.1. The van der Waals surface area contributed by atoms with Gasteiger partial charge in [-0.05, 0) is 62.4 Å². The van der Waals surface area contributed by atoms with Gasteiger partial charge in [-0.25, -0.2) is 13.2 Å². The number of anilines is 2. The number of aliphatic hydroxyl groups excluding tert-OH is 1. The van der Waals surface area contributed by atoms with Crippen molar-refractivity contribution in [2.75, 3.05) is 29.9 Å². The fourth-order valence-electron chi connectivity index (χ4n) is 4.09. The number of phenolic OH excluding ortho intramolecular Hbond substituents is 1. The number of phenols is 1. The Bertz CT molecular complexity index is 1210. The lowest BCUT2D eigenvalue weighted by Gasteiger charge is -2.39. The van der Waals surface area contributed by atoms with Crippen molar-refractivity contribution in [2.45, 2.75) is 43.0 Å². The Labute approximate surface area is 203 Å². The highest BCUT2D eigenvalue weighted by atomic mass is 35.5. The normalized spacial score (nSPS) is 16.1. The van der Waals surface area contributed by atoms with Crippen LogP contribution >= 0.6 is 11.6 Å². The van der Waals surface area contributed by atoms with Crippen LogP contribution in [0.3, 0.4) is 0 Å². The van der Waals surface area contributed by atoms with Crippen molar-refractivity contribution in [3.63, 3.8) is 0 Å². The topological polar surface area (TPSA) is 140 Å². The van der Waals surface area contributed by atoms with Crippen molar-refractivity contribution >= 4 is 39.0 Å². The van der Waals surface area contributed by atoms with Crippen LogP contribution in [0.5, 0.6) is 5.75 Å². The third-order valence-corrected chi connectivity index (χ3v) is 7.46. The second-order valence-electron chi connectivity index (χ2n) is 7.95. The molecule has 34 heavy (non-hydrogen) atoms. The van der Waals surface area contributed by atoms with Crippen LogP contribution in [0.4, 0.5) is 11.4 Å². The minimum absolute atomic E-state index is 0.0465. The van der Waals surface area contributed by atoms with Crippen molar-refractivity contribution in [3.8, 4) is 11.8 Å². The maximum Gasteiger partial charge on any atom is 0.337 e. The lowest BCUT2D eigenvalue weighted by atomic mass is 9.96. The maximum absolute atomic E-state index is 13.3. The molecule has 1 aliphatic heterocycles. The molecule has 0 bridgehead atoms. The van der Waals surface area contributed by atoms with E-state index in [-0.39, 0.29) is 34.5 Å². The van der Waals surface area contributed by atoms with Crippen LogP contribution in [0.15, 0.2) is 35.2 Å². The first kappa shape index (κ1) is 25.6. The number of carbonyl (C=O) groups is 1. The van der Waals surface area contributed by atoms with Gasteiger partial charge in [-0.1, -0.05) is 11.6 Å². The molecular formula is C23H26ClN3O6S. The molecule has 0 aromatic heterocycles. The molecule has 0 saturated carbocycles. The highest BCUT2D eigenvalue weighted by Gasteiger charge is 2.28. The van der Waals surface area contributed by atoms with E-state index in [4.69, 9.17) is 11.6 Å². The molecule has 0 amide bonds. The van der Waals surface area contributed by atoms with Gasteiger partial charge in [0.2, 0.25) is 0 Å². The van der Waals surface area contributed by atoms with Crippen molar-refractivity contribution in [1.82, 2.24) is 0 Å². The van der Waals surface area contributed by atoms with E-state index >= 15 is 0 Å². The van der Waals surface area contributed by atoms with Gasteiger partial charge in [0, 0.05) is 19.2 Å². The number of esters is 1. The first-order valence-corrected chi connectivity index (χ1v) is 12.6. The molecule has 2 aromatic rings. The standard InChI is InChI=1S/C23H26ClN3O6S/c1-33-23(30)15-7-8-21(29)22(12-15)34(31,32)26-19-11-16(14-25)18(24)13-20(19)27-9-3-2-5-17(27)6-4-10-28/h7-8,11-13,17,26,28-29H,2-6,9-10H2,1H3/t17-/m1/s1. The van der Waals surface area contributed by atoms with Gasteiger partial charge in [0.25, 0.3) is 10.0 Å². The summed E-state index contributed by atoms with van der Waals surface area (Å²) in [5.41, 5.74) is 0.660. The molecular weight excluding hydrogens is 482 g/mol. The van der Waals surface area contributed by atoms with Crippen LogP contribution in [0.25, 0.3) is 0 Å². The average Bonchev–Trinajstić information content (AvgIpc) is 2.83. The first-order valence-electron chi connectivity index (χ1n) is 10.8. The number of sulfonamides is 1. The lowest BCUT2D eigenvalue weighted by molar-refractivity contribution is 0.0600. The number of hydrogen-bond acceptors (Lipinski definition) is 8. The number of rotatable bonds is 8. The number of aliphatic hydroxyl groups is 1. The zero-order valence-corrected chi connectivity index (χ0v) is 20.2. The van der Waals surface area contributed by atoms with Crippen LogP contribution in [0.2, 0.25) is 5.02 Å². The SMILES string of the molecule is COC(=O)c1ccc(O)c(S(=O)(=O)Nc2cc(C#N)c(Cl)cc2N2CCCC[C@@H]2CCCO)c1. The van der Waals surface area contributed by atoms with Gasteiger partial charge in [0.15, 0.2) is 0 Å². The van der Waals surface area contributed by atoms with E-state index in [2.05, 4.69) is 9.46 Å². The minimum atomic E-state index is -4.37. The fourth-order valence-corrected chi connectivity index (χ4v) is 5.48. The average molecular weight is 508 g/mol. The Morgan fingerprint density at radius 2 is 2.09 bits per heavy atom. The molecule has 1 heterocycles.